The third-order valence-corrected chi connectivity index (χ3v) is 3.52. The van der Waals surface area contributed by atoms with Crippen molar-refractivity contribution in [1.29, 1.82) is 0 Å². The maximum Gasteiger partial charge on any atom is 0.180 e. The van der Waals surface area contributed by atoms with E-state index in [0.717, 1.165) is 25.9 Å². The van der Waals surface area contributed by atoms with Crippen LogP contribution in [0.3, 0.4) is 0 Å². The largest absolute Gasteiger partial charge is 0.496 e. The fourth-order valence-corrected chi connectivity index (χ4v) is 2.51. The van der Waals surface area contributed by atoms with Gasteiger partial charge in [-0.05, 0) is 32.0 Å². The van der Waals surface area contributed by atoms with Gasteiger partial charge in [0.15, 0.2) is 5.78 Å². The van der Waals surface area contributed by atoms with Crippen LogP contribution in [0.25, 0.3) is 0 Å². The van der Waals surface area contributed by atoms with Crippen molar-refractivity contribution in [1.82, 2.24) is 4.90 Å². The number of ether oxygens (including phenoxy) is 2. The maximum absolute atomic E-state index is 12.5. The quantitative estimate of drug-likeness (QED) is 0.652. The summed E-state index contributed by atoms with van der Waals surface area (Å²) >= 11 is 6.12. The molecule has 5 heteroatoms. The van der Waals surface area contributed by atoms with Gasteiger partial charge in [-0.25, -0.2) is 0 Å². The van der Waals surface area contributed by atoms with Gasteiger partial charge in [-0.15, -0.1) is 0 Å². The van der Waals surface area contributed by atoms with Crippen LogP contribution in [-0.4, -0.2) is 44.5 Å². The Balaban J connectivity index is 2.97. The zero-order valence-corrected chi connectivity index (χ0v) is 14.0. The molecule has 118 valence electrons. The minimum atomic E-state index is 0.0123. The van der Waals surface area contributed by atoms with Crippen LogP contribution in [0.15, 0.2) is 12.1 Å². The van der Waals surface area contributed by atoms with Gasteiger partial charge in [0.2, 0.25) is 0 Å². The van der Waals surface area contributed by atoms with E-state index in [0.29, 0.717) is 28.6 Å². The summed E-state index contributed by atoms with van der Waals surface area (Å²) in [6.07, 6.45) is 2.04. The van der Waals surface area contributed by atoms with E-state index < -0.39 is 0 Å². The van der Waals surface area contributed by atoms with E-state index in [9.17, 15) is 4.79 Å². The number of nitrogens with zero attached hydrogens (tertiary/aromatic N) is 1. The number of benzene rings is 1. The Hall–Kier alpha value is -1.26. The number of methoxy groups -OCH3 is 2. The Morgan fingerprint density at radius 2 is 1.67 bits per heavy atom. The highest BCUT2D eigenvalue weighted by atomic mass is 35.5. The molecular weight excluding hydrogens is 290 g/mol. The molecule has 1 rings (SSSR count). The highest BCUT2D eigenvalue weighted by molar-refractivity contribution is 6.32. The van der Waals surface area contributed by atoms with E-state index in [1.165, 1.54) is 14.2 Å². The van der Waals surface area contributed by atoms with Gasteiger partial charge in [0.25, 0.3) is 0 Å². The third kappa shape index (κ3) is 4.90. The van der Waals surface area contributed by atoms with Gasteiger partial charge in [0, 0.05) is 6.07 Å². The molecule has 0 aliphatic carbocycles. The summed E-state index contributed by atoms with van der Waals surface area (Å²) < 4.78 is 10.4. The number of carbonyl (C=O) groups is 1. The molecule has 0 bridgehead atoms. The number of rotatable bonds is 9. The molecule has 0 heterocycles. The summed E-state index contributed by atoms with van der Waals surface area (Å²) in [6, 6.07) is 3.27. The average molecular weight is 314 g/mol. The molecule has 0 aliphatic rings. The topological polar surface area (TPSA) is 38.8 Å². The number of halogens is 1. The van der Waals surface area contributed by atoms with Crippen LogP contribution in [0.1, 0.15) is 37.0 Å². The smallest absolute Gasteiger partial charge is 0.180 e. The summed E-state index contributed by atoms with van der Waals surface area (Å²) in [5.74, 6) is 1.01. The Labute approximate surface area is 132 Å². The number of carbonyl (C=O) groups excluding carboxylic acids is 1. The average Bonchev–Trinajstić information content (AvgIpc) is 2.47. The highest BCUT2D eigenvalue weighted by Gasteiger charge is 2.18. The molecule has 0 radical (unpaired) electrons. The minimum Gasteiger partial charge on any atom is -0.496 e. The first kappa shape index (κ1) is 17.8. The van der Waals surface area contributed by atoms with Gasteiger partial charge in [0.05, 0.1) is 31.4 Å². The van der Waals surface area contributed by atoms with Gasteiger partial charge >= 0.3 is 0 Å². The predicted molar refractivity (Wildman–Crippen MR) is 85.9 cm³/mol. The second-order valence-corrected chi connectivity index (χ2v) is 5.29. The molecule has 0 amide bonds. The molecule has 0 saturated heterocycles. The second-order valence-electron chi connectivity index (χ2n) is 4.89. The highest BCUT2D eigenvalue weighted by Crippen LogP contribution is 2.32. The van der Waals surface area contributed by atoms with Gasteiger partial charge in [-0.2, -0.15) is 0 Å². The SMILES string of the molecule is CCCN(CCC)CC(=O)c1cc(Cl)c(OC)cc1OC. The van der Waals surface area contributed by atoms with Crippen molar-refractivity contribution in [3.05, 3.63) is 22.7 Å². The number of hydrogen-bond donors (Lipinski definition) is 0. The molecule has 0 aliphatic heterocycles. The molecule has 21 heavy (non-hydrogen) atoms. The van der Waals surface area contributed by atoms with Crippen LogP contribution < -0.4 is 9.47 Å². The molecule has 0 saturated carbocycles. The predicted octanol–water partition coefficient (Wildman–Crippen LogP) is 3.66. The van der Waals surface area contributed by atoms with E-state index >= 15 is 0 Å². The van der Waals surface area contributed by atoms with E-state index in [4.69, 9.17) is 21.1 Å². The first-order valence-corrected chi connectivity index (χ1v) is 7.62. The summed E-state index contributed by atoms with van der Waals surface area (Å²) in [6.45, 7) is 6.41. The molecule has 0 atom stereocenters. The van der Waals surface area contributed by atoms with E-state index in [1.807, 2.05) is 0 Å². The minimum absolute atomic E-state index is 0.0123. The second kappa shape index (κ2) is 8.90. The first-order valence-electron chi connectivity index (χ1n) is 7.24. The molecule has 4 nitrogen and oxygen atoms in total. The Morgan fingerprint density at radius 1 is 1.10 bits per heavy atom. The maximum atomic E-state index is 12.5. The van der Waals surface area contributed by atoms with Gasteiger partial charge < -0.3 is 9.47 Å². The van der Waals surface area contributed by atoms with Crippen LogP contribution in [0, 0.1) is 0 Å². The monoisotopic (exact) mass is 313 g/mol. The van der Waals surface area contributed by atoms with E-state index in [2.05, 4.69) is 18.7 Å². The third-order valence-electron chi connectivity index (χ3n) is 3.22. The van der Waals surface area contributed by atoms with Gasteiger partial charge in [0.1, 0.15) is 11.5 Å². The molecule has 0 unspecified atom stereocenters. The standard InChI is InChI=1S/C16H24ClNO3/c1-5-7-18(8-6-2)11-14(19)12-9-13(17)16(21-4)10-15(12)20-3/h9-10H,5-8,11H2,1-4H3. The van der Waals surface area contributed by atoms with Crippen molar-refractivity contribution in [3.8, 4) is 11.5 Å². The van der Waals surface area contributed by atoms with E-state index in [-0.39, 0.29) is 5.78 Å². The Morgan fingerprint density at radius 3 is 2.14 bits per heavy atom. The fourth-order valence-electron chi connectivity index (χ4n) is 2.27. The van der Waals surface area contributed by atoms with E-state index in [1.54, 1.807) is 12.1 Å². The van der Waals surface area contributed by atoms with Crippen LogP contribution in [0.2, 0.25) is 5.02 Å². The lowest BCUT2D eigenvalue weighted by atomic mass is 10.1. The molecular formula is C16H24ClNO3. The van der Waals surface area contributed by atoms with Crippen LogP contribution >= 0.6 is 11.6 Å². The van der Waals surface area contributed by atoms with Crippen molar-refractivity contribution >= 4 is 17.4 Å². The molecule has 1 aromatic rings. The molecule has 1 aromatic carbocycles. The van der Waals surface area contributed by atoms with Crippen molar-refractivity contribution in [3.63, 3.8) is 0 Å². The number of ketones is 1. The van der Waals surface area contributed by atoms with Crippen molar-refractivity contribution in [2.45, 2.75) is 26.7 Å². The van der Waals surface area contributed by atoms with Crippen LogP contribution in [0.4, 0.5) is 0 Å². The molecule has 0 aromatic heterocycles. The van der Waals surface area contributed by atoms with Gasteiger partial charge in [-0.3, -0.25) is 9.69 Å². The zero-order valence-electron chi connectivity index (χ0n) is 13.2. The lowest BCUT2D eigenvalue weighted by molar-refractivity contribution is 0.0927. The summed E-state index contributed by atoms with van der Waals surface area (Å²) in [5, 5.41) is 0.416. The normalized spacial score (nSPS) is 10.8. The van der Waals surface area contributed by atoms with Gasteiger partial charge in [-0.1, -0.05) is 25.4 Å². The molecule has 0 fully saturated rings. The summed E-state index contributed by atoms with van der Waals surface area (Å²) in [7, 11) is 3.07. The lowest BCUT2D eigenvalue weighted by Gasteiger charge is -2.20. The van der Waals surface area contributed by atoms with Crippen LogP contribution in [-0.2, 0) is 0 Å². The van der Waals surface area contributed by atoms with Crippen molar-refractivity contribution in [2.24, 2.45) is 0 Å². The Bertz CT molecular complexity index is 471. The fraction of sp³-hybridized carbons (Fsp3) is 0.562. The summed E-state index contributed by atoms with van der Waals surface area (Å²) in [4.78, 5) is 14.7. The number of hydrogen-bond acceptors (Lipinski definition) is 4. The van der Waals surface area contributed by atoms with Crippen molar-refractivity contribution < 1.29 is 14.3 Å². The Kier molecular flexibility index (Phi) is 7.54. The first-order chi connectivity index (χ1) is 10.1. The number of Topliss-reactive ketones (excluding diaryl/α,β-unsaturated/α-hetero) is 1. The molecule has 0 N–H and O–H groups in total. The van der Waals surface area contributed by atoms with Crippen LogP contribution in [0.5, 0.6) is 11.5 Å². The van der Waals surface area contributed by atoms with Crippen molar-refractivity contribution in [2.75, 3.05) is 33.9 Å². The zero-order chi connectivity index (χ0) is 15.8. The molecule has 0 spiro atoms. The summed E-state index contributed by atoms with van der Waals surface area (Å²) in [5.41, 5.74) is 0.500. The lowest BCUT2D eigenvalue weighted by Crippen LogP contribution is -2.31.